The summed E-state index contributed by atoms with van der Waals surface area (Å²) < 4.78 is 0.796. The Bertz CT molecular complexity index is 383. The maximum absolute atomic E-state index is 11.0. The van der Waals surface area contributed by atoms with Gasteiger partial charge >= 0.3 is 0 Å². The van der Waals surface area contributed by atoms with E-state index in [-0.39, 0.29) is 11.9 Å². The largest absolute Gasteiger partial charge is 0.352 e. The van der Waals surface area contributed by atoms with Gasteiger partial charge in [-0.1, -0.05) is 11.3 Å². The van der Waals surface area contributed by atoms with Crippen molar-refractivity contribution < 1.29 is 4.79 Å². The first-order chi connectivity index (χ1) is 7.65. The highest BCUT2D eigenvalue weighted by molar-refractivity contribution is 9.11. The lowest BCUT2D eigenvalue weighted by Crippen LogP contribution is -2.47. The second-order valence-electron chi connectivity index (χ2n) is 3.82. The van der Waals surface area contributed by atoms with Crippen LogP contribution >= 0.6 is 27.3 Å². The van der Waals surface area contributed by atoms with Crippen LogP contribution in [-0.4, -0.2) is 35.2 Å². The second kappa shape index (κ2) is 5.09. The van der Waals surface area contributed by atoms with Crippen LogP contribution in [0.2, 0.25) is 0 Å². The van der Waals surface area contributed by atoms with Crippen molar-refractivity contribution in [2.45, 2.75) is 25.8 Å². The zero-order valence-electron chi connectivity index (χ0n) is 8.94. The fourth-order valence-corrected chi connectivity index (χ4v) is 3.00. The van der Waals surface area contributed by atoms with Gasteiger partial charge in [0.2, 0.25) is 11.0 Å². The maximum Gasteiger partial charge on any atom is 0.217 e. The van der Waals surface area contributed by atoms with Crippen molar-refractivity contribution in [3.63, 3.8) is 0 Å². The van der Waals surface area contributed by atoms with E-state index in [0.29, 0.717) is 0 Å². The van der Waals surface area contributed by atoms with E-state index >= 15 is 0 Å². The lowest BCUT2D eigenvalue weighted by atomic mass is 10.1. The van der Waals surface area contributed by atoms with Crippen LogP contribution in [0.15, 0.2) is 3.92 Å². The van der Waals surface area contributed by atoms with Gasteiger partial charge in [-0.05, 0) is 28.8 Å². The topological polar surface area (TPSA) is 58.1 Å². The monoisotopic (exact) mass is 304 g/mol. The molecule has 16 heavy (non-hydrogen) atoms. The number of amides is 1. The summed E-state index contributed by atoms with van der Waals surface area (Å²) in [5.41, 5.74) is 0. The van der Waals surface area contributed by atoms with Gasteiger partial charge in [0.1, 0.15) is 0 Å². The Balaban J connectivity index is 1.99. The first kappa shape index (κ1) is 11.8. The standard InChI is InChI=1S/C9H13BrN4OS/c1-6(15)11-7-3-2-4-14(5-7)9-13-12-8(10)16-9/h7H,2-5H2,1H3,(H,11,15)/t7-/m0/s1. The number of nitrogens with zero attached hydrogens (tertiary/aromatic N) is 3. The molecule has 0 spiro atoms. The molecule has 0 saturated carbocycles. The summed E-state index contributed by atoms with van der Waals surface area (Å²) in [4.78, 5) is 13.2. The molecule has 1 aromatic heterocycles. The van der Waals surface area contributed by atoms with Crippen molar-refractivity contribution >= 4 is 38.3 Å². The summed E-state index contributed by atoms with van der Waals surface area (Å²) in [5, 5.41) is 11.9. The predicted molar refractivity (Wildman–Crippen MR) is 66.7 cm³/mol. The third-order valence-corrected chi connectivity index (χ3v) is 3.91. The van der Waals surface area contributed by atoms with Crippen molar-refractivity contribution in [1.82, 2.24) is 15.5 Å². The van der Waals surface area contributed by atoms with Gasteiger partial charge in [-0.25, -0.2) is 0 Å². The SMILES string of the molecule is CC(=O)N[C@H]1CCCN(c2nnc(Br)s2)C1. The number of piperidine rings is 1. The number of anilines is 1. The Hall–Kier alpha value is -0.690. The third-order valence-electron chi connectivity index (χ3n) is 2.49. The second-order valence-corrected chi connectivity index (χ2v) is 6.06. The summed E-state index contributed by atoms with van der Waals surface area (Å²) in [6, 6.07) is 0.230. The van der Waals surface area contributed by atoms with Gasteiger partial charge in [-0.3, -0.25) is 4.79 Å². The van der Waals surface area contributed by atoms with E-state index in [4.69, 9.17) is 0 Å². The van der Waals surface area contributed by atoms with Crippen LogP contribution in [0.3, 0.4) is 0 Å². The van der Waals surface area contributed by atoms with Crippen LogP contribution in [0.4, 0.5) is 5.13 Å². The molecule has 1 aliphatic heterocycles. The molecule has 1 aliphatic rings. The van der Waals surface area contributed by atoms with Crippen molar-refractivity contribution in [2.75, 3.05) is 18.0 Å². The number of halogens is 1. The number of rotatable bonds is 2. The molecule has 0 radical (unpaired) electrons. The highest BCUT2D eigenvalue weighted by Crippen LogP contribution is 2.26. The molecule has 0 aromatic carbocycles. The first-order valence-corrected chi connectivity index (χ1v) is 6.77. The van der Waals surface area contributed by atoms with E-state index in [9.17, 15) is 4.79 Å². The predicted octanol–water partition coefficient (Wildman–Crippen LogP) is 1.41. The molecule has 1 saturated heterocycles. The number of carbonyl (C=O) groups is 1. The van der Waals surface area contributed by atoms with E-state index in [0.717, 1.165) is 35.0 Å². The van der Waals surface area contributed by atoms with E-state index < -0.39 is 0 Å². The van der Waals surface area contributed by atoms with Gasteiger partial charge in [0.15, 0.2) is 3.92 Å². The quantitative estimate of drug-likeness (QED) is 0.897. The molecular weight excluding hydrogens is 292 g/mol. The lowest BCUT2D eigenvalue weighted by Gasteiger charge is -2.32. The molecule has 0 unspecified atom stereocenters. The van der Waals surface area contributed by atoms with Crippen molar-refractivity contribution in [2.24, 2.45) is 0 Å². The minimum absolute atomic E-state index is 0.0327. The molecule has 88 valence electrons. The fourth-order valence-electron chi connectivity index (χ4n) is 1.88. The Morgan fingerprint density at radius 1 is 1.62 bits per heavy atom. The first-order valence-electron chi connectivity index (χ1n) is 5.16. The highest BCUT2D eigenvalue weighted by atomic mass is 79.9. The van der Waals surface area contributed by atoms with Gasteiger partial charge in [-0.2, -0.15) is 0 Å². The minimum Gasteiger partial charge on any atom is -0.352 e. The molecule has 1 atom stereocenters. The summed E-state index contributed by atoms with van der Waals surface area (Å²) >= 11 is 4.83. The van der Waals surface area contributed by atoms with E-state index in [1.54, 1.807) is 6.92 Å². The van der Waals surface area contributed by atoms with Gasteiger partial charge in [0, 0.05) is 26.1 Å². The minimum atomic E-state index is 0.0327. The molecule has 7 heteroatoms. The molecule has 0 bridgehead atoms. The smallest absolute Gasteiger partial charge is 0.217 e. The van der Waals surface area contributed by atoms with Gasteiger partial charge < -0.3 is 10.2 Å². The Morgan fingerprint density at radius 2 is 2.44 bits per heavy atom. The van der Waals surface area contributed by atoms with E-state index in [2.05, 4.69) is 36.3 Å². The van der Waals surface area contributed by atoms with Crippen LogP contribution in [-0.2, 0) is 4.79 Å². The normalized spacial score (nSPS) is 20.9. The highest BCUT2D eigenvalue weighted by Gasteiger charge is 2.22. The van der Waals surface area contributed by atoms with Crippen LogP contribution in [0, 0.1) is 0 Å². The fraction of sp³-hybridized carbons (Fsp3) is 0.667. The molecule has 1 fully saturated rings. The van der Waals surface area contributed by atoms with Crippen molar-refractivity contribution in [3.05, 3.63) is 3.92 Å². The summed E-state index contributed by atoms with van der Waals surface area (Å²) in [7, 11) is 0. The number of nitrogens with one attached hydrogen (secondary N) is 1. The number of hydrogen-bond donors (Lipinski definition) is 1. The average molecular weight is 305 g/mol. The summed E-state index contributed by atoms with van der Waals surface area (Å²) in [6.45, 7) is 3.36. The zero-order chi connectivity index (χ0) is 11.5. The number of hydrogen-bond acceptors (Lipinski definition) is 5. The number of aromatic nitrogens is 2. The summed E-state index contributed by atoms with van der Waals surface area (Å²) in [5.74, 6) is 0.0327. The Kier molecular flexibility index (Phi) is 3.75. The zero-order valence-corrected chi connectivity index (χ0v) is 11.3. The van der Waals surface area contributed by atoms with Crippen LogP contribution in [0.25, 0.3) is 0 Å². The lowest BCUT2D eigenvalue weighted by molar-refractivity contribution is -0.119. The van der Waals surface area contributed by atoms with Crippen LogP contribution in [0.1, 0.15) is 19.8 Å². The molecule has 2 rings (SSSR count). The summed E-state index contributed by atoms with van der Waals surface area (Å²) in [6.07, 6.45) is 2.11. The average Bonchev–Trinajstić information content (AvgIpc) is 2.64. The molecule has 5 nitrogen and oxygen atoms in total. The van der Waals surface area contributed by atoms with Gasteiger partial charge in [0.25, 0.3) is 0 Å². The van der Waals surface area contributed by atoms with Gasteiger partial charge in [0.05, 0.1) is 0 Å². The van der Waals surface area contributed by atoms with Crippen molar-refractivity contribution in [3.8, 4) is 0 Å². The molecular formula is C9H13BrN4OS. The molecule has 1 N–H and O–H groups in total. The third kappa shape index (κ3) is 2.91. The van der Waals surface area contributed by atoms with Crippen LogP contribution in [0.5, 0.6) is 0 Å². The molecule has 2 heterocycles. The Morgan fingerprint density at radius 3 is 3.06 bits per heavy atom. The Labute approximate surface area is 106 Å². The van der Waals surface area contributed by atoms with Crippen molar-refractivity contribution in [1.29, 1.82) is 0 Å². The number of carbonyl (C=O) groups excluding carboxylic acids is 1. The maximum atomic E-state index is 11.0. The molecule has 1 aromatic rings. The molecule has 0 aliphatic carbocycles. The van der Waals surface area contributed by atoms with E-state index in [1.807, 2.05) is 0 Å². The molecule has 1 amide bonds. The van der Waals surface area contributed by atoms with Gasteiger partial charge in [-0.15, -0.1) is 10.2 Å². The van der Waals surface area contributed by atoms with Crippen LogP contribution < -0.4 is 10.2 Å². The van der Waals surface area contributed by atoms with E-state index in [1.165, 1.54) is 11.3 Å².